The monoisotopic (exact) mass is 220 g/mol. The molecule has 0 aromatic rings. The highest BCUT2D eigenvalue weighted by Gasteiger charge is 2.65. The summed E-state index contributed by atoms with van der Waals surface area (Å²) in [6, 6.07) is 0. The van der Waals surface area contributed by atoms with E-state index >= 15 is 0 Å². The van der Waals surface area contributed by atoms with Crippen LogP contribution in [-0.4, -0.2) is 11.2 Å². The number of fused-ring (bicyclic) bond motifs is 1. The van der Waals surface area contributed by atoms with E-state index in [1.165, 1.54) is 12.8 Å². The zero-order valence-corrected chi connectivity index (χ0v) is 11.0. The molecule has 1 heteroatoms. The van der Waals surface area contributed by atoms with Crippen LogP contribution in [0.3, 0.4) is 0 Å². The normalized spacial score (nSPS) is 53.7. The molecule has 2 fully saturated rings. The number of hydrogen-bond acceptors (Lipinski definition) is 1. The first-order valence-corrected chi connectivity index (χ1v) is 6.74. The number of hydrogen-bond donors (Lipinski definition) is 1. The molecule has 5 atom stereocenters. The van der Waals surface area contributed by atoms with E-state index in [4.69, 9.17) is 0 Å². The van der Waals surface area contributed by atoms with Gasteiger partial charge in [-0.2, -0.15) is 0 Å². The Kier molecular flexibility index (Phi) is 1.98. The van der Waals surface area contributed by atoms with E-state index in [1.807, 2.05) is 0 Å². The maximum absolute atomic E-state index is 10.2. The standard InChI is InChI=1S/C15H24O/c1-9-5-6-15-8-11(9)14(3,4)13(15)7-12(16)10(15)2/h5,10-13,16H,6-8H2,1-4H3/t10-,11+,12+,13+,15+/m1/s1. The Morgan fingerprint density at radius 1 is 1.38 bits per heavy atom. The lowest BCUT2D eigenvalue weighted by atomic mass is 9.68. The van der Waals surface area contributed by atoms with E-state index in [-0.39, 0.29) is 6.10 Å². The van der Waals surface area contributed by atoms with Gasteiger partial charge in [0.2, 0.25) is 0 Å². The van der Waals surface area contributed by atoms with Gasteiger partial charge < -0.3 is 5.11 Å². The highest BCUT2D eigenvalue weighted by atomic mass is 16.3. The van der Waals surface area contributed by atoms with Crippen LogP contribution in [0.5, 0.6) is 0 Å². The quantitative estimate of drug-likeness (QED) is 0.620. The molecule has 0 aromatic carbocycles. The van der Waals surface area contributed by atoms with Crippen LogP contribution >= 0.6 is 0 Å². The van der Waals surface area contributed by atoms with Crippen LogP contribution in [-0.2, 0) is 0 Å². The fourth-order valence-corrected chi connectivity index (χ4v) is 5.29. The molecular formula is C15H24O. The zero-order valence-electron chi connectivity index (χ0n) is 11.0. The van der Waals surface area contributed by atoms with E-state index in [2.05, 4.69) is 33.8 Å². The lowest BCUT2D eigenvalue weighted by Crippen LogP contribution is -2.31. The number of aliphatic hydroxyl groups excluding tert-OH is 1. The molecule has 0 radical (unpaired) electrons. The van der Waals surface area contributed by atoms with Gasteiger partial charge in [-0.3, -0.25) is 0 Å². The molecule has 2 saturated carbocycles. The molecule has 1 N–H and O–H groups in total. The molecular weight excluding hydrogens is 196 g/mol. The fraction of sp³-hybridized carbons (Fsp3) is 0.867. The molecule has 2 bridgehead atoms. The van der Waals surface area contributed by atoms with Crippen LogP contribution in [0.2, 0.25) is 0 Å². The third-order valence-electron chi connectivity index (χ3n) is 6.39. The van der Waals surface area contributed by atoms with Crippen LogP contribution in [0.4, 0.5) is 0 Å². The topological polar surface area (TPSA) is 20.2 Å². The maximum atomic E-state index is 10.2. The van der Waals surface area contributed by atoms with Gasteiger partial charge in [0, 0.05) is 0 Å². The molecule has 3 aliphatic rings. The molecule has 0 amide bonds. The smallest absolute Gasteiger partial charge is 0.0574 e. The second kappa shape index (κ2) is 2.93. The summed E-state index contributed by atoms with van der Waals surface area (Å²) in [4.78, 5) is 0. The molecule has 0 unspecified atom stereocenters. The molecule has 0 aliphatic heterocycles. The summed E-state index contributed by atoms with van der Waals surface area (Å²) in [6.07, 6.45) is 5.97. The molecule has 3 aliphatic carbocycles. The lowest BCUT2D eigenvalue weighted by Gasteiger charge is -2.36. The number of allylic oxidation sites excluding steroid dienone is 2. The molecule has 90 valence electrons. The van der Waals surface area contributed by atoms with E-state index < -0.39 is 0 Å². The van der Waals surface area contributed by atoms with Gasteiger partial charge in [-0.25, -0.2) is 0 Å². The van der Waals surface area contributed by atoms with Gasteiger partial charge in [-0.05, 0) is 54.8 Å². The highest BCUT2D eigenvalue weighted by Crippen LogP contribution is 2.71. The summed E-state index contributed by atoms with van der Waals surface area (Å²) in [7, 11) is 0. The first-order chi connectivity index (χ1) is 7.39. The second-order valence-electron chi connectivity index (χ2n) is 7.11. The maximum Gasteiger partial charge on any atom is 0.0574 e. The largest absolute Gasteiger partial charge is 0.393 e. The van der Waals surface area contributed by atoms with Gasteiger partial charge >= 0.3 is 0 Å². The lowest BCUT2D eigenvalue weighted by molar-refractivity contribution is 0.0804. The average molecular weight is 220 g/mol. The van der Waals surface area contributed by atoms with Crippen molar-refractivity contribution in [2.75, 3.05) is 0 Å². The van der Waals surface area contributed by atoms with Crippen molar-refractivity contribution in [3.05, 3.63) is 11.6 Å². The van der Waals surface area contributed by atoms with Crippen molar-refractivity contribution in [2.45, 2.75) is 53.1 Å². The average Bonchev–Trinajstić information content (AvgIpc) is 2.57. The molecule has 0 aromatic heterocycles. The van der Waals surface area contributed by atoms with Crippen molar-refractivity contribution < 1.29 is 5.11 Å². The molecule has 1 spiro atoms. The van der Waals surface area contributed by atoms with Gasteiger partial charge in [-0.15, -0.1) is 0 Å². The Hall–Kier alpha value is -0.300. The van der Waals surface area contributed by atoms with E-state index in [1.54, 1.807) is 5.57 Å². The van der Waals surface area contributed by atoms with Crippen LogP contribution in [0.1, 0.15) is 47.0 Å². The predicted octanol–water partition coefficient (Wildman–Crippen LogP) is 3.39. The summed E-state index contributed by atoms with van der Waals surface area (Å²) in [6.45, 7) is 9.44. The van der Waals surface area contributed by atoms with Crippen LogP contribution in [0, 0.1) is 28.6 Å². The number of rotatable bonds is 0. The Morgan fingerprint density at radius 3 is 2.75 bits per heavy atom. The summed E-state index contributed by atoms with van der Waals surface area (Å²) in [5, 5.41) is 10.2. The van der Waals surface area contributed by atoms with E-state index in [0.29, 0.717) is 16.7 Å². The second-order valence-corrected chi connectivity index (χ2v) is 7.11. The van der Waals surface area contributed by atoms with Crippen molar-refractivity contribution in [1.82, 2.24) is 0 Å². The van der Waals surface area contributed by atoms with Gasteiger partial charge in [0.05, 0.1) is 6.10 Å². The summed E-state index contributed by atoms with van der Waals surface area (Å²) < 4.78 is 0. The summed E-state index contributed by atoms with van der Waals surface area (Å²) in [5.41, 5.74) is 2.42. The molecule has 3 rings (SSSR count). The van der Waals surface area contributed by atoms with Crippen molar-refractivity contribution in [3.63, 3.8) is 0 Å². The minimum Gasteiger partial charge on any atom is -0.393 e. The Bertz CT molecular complexity index is 354. The van der Waals surface area contributed by atoms with Crippen LogP contribution in [0.25, 0.3) is 0 Å². The summed E-state index contributed by atoms with van der Waals surface area (Å²) >= 11 is 0. The van der Waals surface area contributed by atoms with E-state index in [0.717, 1.165) is 18.3 Å². The Morgan fingerprint density at radius 2 is 2.06 bits per heavy atom. The van der Waals surface area contributed by atoms with Crippen LogP contribution < -0.4 is 0 Å². The van der Waals surface area contributed by atoms with Crippen molar-refractivity contribution in [3.8, 4) is 0 Å². The molecule has 16 heavy (non-hydrogen) atoms. The molecule has 1 nitrogen and oxygen atoms in total. The van der Waals surface area contributed by atoms with Gasteiger partial charge in [0.15, 0.2) is 0 Å². The molecule has 0 heterocycles. The zero-order chi connectivity index (χ0) is 11.7. The fourth-order valence-electron chi connectivity index (χ4n) is 5.29. The number of aliphatic hydroxyl groups is 1. The van der Waals surface area contributed by atoms with Crippen molar-refractivity contribution in [2.24, 2.45) is 28.6 Å². The highest BCUT2D eigenvalue weighted by molar-refractivity contribution is 5.26. The minimum atomic E-state index is -0.0583. The van der Waals surface area contributed by atoms with Crippen molar-refractivity contribution >= 4 is 0 Å². The SMILES string of the molecule is CC1=CC[C@@]23C[C@@H]1C(C)(C)[C@@H]2C[C@H](O)[C@H]3C. The van der Waals surface area contributed by atoms with Gasteiger partial charge in [0.25, 0.3) is 0 Å². The van der Waals surface area contributed by atoms with Gasteiger partial charge in [-0.1, -0.05) is 32.4 Å². The summed E-state index contributed by atoms with van der Waals surface area (Å²) in [5.74, 6) is 1.98. The van der Waals surface area contributed by atoms with Gasteiger partial charge in [0.1, 0.15) is 0 Å². The van der Waals surface area contributed by atoms with Crippen LogP contribution in [0.15, 0.2) is 11.6 Å². The minimum absolute atomic E-state index is 0.0583. The first kappa shape index (κ1) is 10.8. The van der Waals surface area contributed by atoms with E-state index in [9.17, 15) is 5.11 Å². The Balaban J connectivity index is 2.10. The first-order valence-electron chi connectivity index (χ1n) is 6.74. The van der Waals surface area contributed by atoms with Crippen molar-refractivity contribution in [1.29, 1.82) is 0 Å². The third kappa shape index (κ3) is 1.01. The predicted molar refractivity (Wildman–Crippen MR) is 66.0 cm³/mol. The third-order valence-corrected chi connectivity index (χ3v) is 6.39. The Labute approximate surface area is 98.9 Å². The molecule has 0 saturated heterocycles.